The molecule has 3 rings (SSSR count). The Morgan fingerprint density at radius 2 is 1.87 bits per heavy atom. The van der Waals surface area contributed by atoms with E-state index in [2.05, 4.69) is 22.4 Å². The van der Waals surface area contributed by atoms with Crippen molar-refractivity contribution in [3.05, 3.63) is 72.8 Å². The fourth-order valence-corrected chi connectivity index (χ4v) is 3.86. The highest BCUT2D eigenvalue weighted by Gasteiger charge is 2.38. The van der Waals surface area contributed by atoms with Crippen molar-refractivity contribution in [3.63, 3.8) is 0 Å². The Morgan fingerprint density at radius 1 is 1.17 bits per heavy atom. The number of benzene rings is 2. The van der Waals surface area contributed by atoms with Gasteiger partial charge in [-0.05, 0) is 24.3 Å². The topological polar surface area (TPSA) is 111 Å². The Kier molecular flexibility index (Phi) is 6.87. The number of hydrogen-bond donors (Lipinski definition) is 3. The van der Waals surface area contributed by atoms with Gasteiger partial charge in [-0.3, -0.25) is 19.3 Å². The van der Waals surface area contributed by atoms with Crippen LogP contribution < -0.4 is 10.7 Å². The van der Waals surface area contributed by atoms with Gasteiger partial charge in [-0.25, -0.2) is 5.43 Å². The lowest BCUT2D eigenvalue weighted by Gasteiger charge is -2.13. The lowest BCUT2D eigenvalue weighted by atomic mass is 10.2. The second-order valence-corrected chi connectivity index (χ2v) is 7.48. The van der Waals surface area contributed by atoms with Gasteiger partial charge >= 0.3 is 0 Å². The molecule has 2 aromatic carbocycles. The van der Waals surface area contributed by atoms with Crippen molar-refractivity contribution in [2.24, 2.45) is 5.10 Å². The van der Waals surface area contributed by atoms with E-state index in [0.29, 0.717) is 5.69 Å². The van der Waals surface area contributed by atoms with Crippen molar-refractivity contribution in [2.75, 3.05) is 11.9 Å². The minimum atomic E-state index is -0.672. The lowest BCUT2D eigenvalue weighted by molar-refractivity contribution is -0.127. The number of phenolic OH excluding ortho intramolecular Hbond substituents is 1. The van der Waals surface area contributed by atoms with E-state index in [1.54, 1.807) is 36.4 Å². The van der Waals surface area contributed by atoms with Gasteiger partial charge in [-0.15, -0.1) is 11.7 Å². The maximum atomic E-state index is 12.7. The largest absolute Gasteiger partial charge is 0.507 e. The zero-order valence-electron chi connectivity index (χ0n) is 15.9. The number of para-hydroxylation sites is 2. The minimum absolute atomic E-state index is 0.0432. The Hall–Kier alpha value is -3.59. The SMILES string of the molecule is C=CCN1C(=O)C(CC(=O)Nc2ccccc2)SC1=NNC(=O)c1ccccc1O. The maximum Gasteiger partial charge on any atom is 0.275 e. The second kappa shape index (κ2) is 9.75. The highest BCUT2D eigenvalue weighted by atomic mass is 32.2. The number of nitrogens with zero attached hydrogens (tertiary/aromatic N) is 2. The summed E-state index contributed by atoms with van der Waals surface area (Å²) in [5.41, 5.74) is 3.05. The molecule has 154 valence electrons. The van der Waals surface area contributed by atoms with Gasteiger partial charge in [0.25, 0.3) is 5.91 Å². The third kappa shape index (κ3) is 5.06. The van der Waals surface area contributed by atoms with Crippen LogP contribution in [0.2, 0.25) is 0 Å². The summed E-state index contributed by atoms with van der Waals surface area (Å²) < 4.78 is 0. The monoisotopic (exact) mass is 424 g/mol. The van der Waals surface area contributed by atoms with Crippen LogP contribution in [0.3, 0.4) is 0 Å². The molecule has 0 bridgehead atoms. The molecule has 1 heterocycles. The van der Waals surface area contributed by atoms with Crippen LogP contribution >= 0.6 is 11.8 Å². The number of amidine groups is 1. The molecule has 1 unspecified atom stereocenters. The molecule has 9 heteroatoms. The van der Waals surface area contributed by atoms with Gasteiger partial charge in [0.05, 0.1) is 5.56 Å². The Balaban J connectivity index is 1.68. The molecule has 0 aliphatic carbocycles. The molecule has 2 aromatic rings. The van der Waals surface area contributed by atoms with Gasteiger partial charge in [0.1, 0.15) is 11.0 Å². The average molecular weight is 424 g/mol. The molecule has 1 aliphatic rings. The fourth-order valence-electron chi connectivity index (χ4n) is 2.75. The van der Waals surface area contributed by atoms with E-state index in [0.717, 1.165) is 11.8 Å². The van der Waals surface area contributed by atoms with Crippen molar-refractivity contribution >= 4 is 40.3 Å². The number of carbonyl (C=O) groups excluding carboxylic acids is 3. The Labute approximate surface area is 177 Å². The van der Waals surface area contributed by atoms with Crippen molar-refractivity contribution in [3.8, 4) is 5.75 Å². The van der Waals surface area contributed by atoms with E-state index in [-0.39, 0.29) is 41.3 Å². The Morgan fingerprint density at radius 3 is 2.57 bits per heavy atom. The van der Waals surface area contributed by atoms with Crippen molar-refractivity contribution < 1.29 is 19.5 Å². The fraction of sp³-hybridized carbons (Fsp3) is 0.143. The molecule has 30 heavy (non-hydrogen) atoms. The van der Waals surface area contributed by atoms with E-state index >= 15 is 0 Å². The van der Waals surface area contributed by atoms with Crippen LogP contribution in [-0.4, -0.2) is 44.7 Å². The minimum Gasteiger partial charge on any atom is -0.507 e. The van der Waals surface area contributed by atoms with E-state index in [4.69, 9.17) is 0 Å². The van der Waals surface area contributed by atoms with Crippen LogP contribution in [-0.2, 0) is 9.59 Å². The summed E-state index contributed by atoms with van der Waals surface area (Å²) in [5.74, 6) is -1.38. The number of carbonyl (C=O) groups is 3. The van der Waals surface area contributed by atoms with Crippen LogP contribution in [0.25, 0.3) is 0 Å². The second-order valence-electron chi connectivity index (χ2n) is 6.31. The molecule has 0 spiro atoms. The standard InChI is InChI=1S/C21H20N4O4S/c1-2-12-25-20(29)17(13-18(27)22-14-8-4-3-5-9-14)30-21(25)24-23-19(28)15-10-6-7-11-16(15)26/h2-11,17,26H,1,12-13H2,(H,22,27)(H,23,28). The van der Waals surface area contributed by atoms with E-state index in [9.17, 15) is 19.5 Å². The predicted octanol–water partition coefficient (Wildman–Crippen LogP) is 2.55. The summed E-state index contributed by atoms with van der Waals surface area (Å²) in [4.78, 5) is 38.6. The quantitative estimate of drug-likeness (QED) is 0.467. The summed E-state index contributed by atoms with van der Waals surface area (Å²) in [6.07, 6.45) is 1.49. The van der Waals surface area contributed by atoms with Crippen molar-refractivity contribution in [1.29, 1.82) is 0 Å². The Bertz CT molecular complexity index is 994. The molecule has 3 N–H and O–H groups in total. The van der Waals surface area contributed by atoms with Gasteiger partial charge in [-0.1, -0.05) is 48.2 Å². The number of nitrogens with one attached hydrogen (secondary N) is 2. The number of anilines is 1. The number of hydrazone groups is 1. The van der Waals surface area contributed by atoms with Crippen LogP contribution in [0.4, 0.5) is 5.69 Å². The van der Waals surface area contributed by atoms with Gasteiger partial charge in [0, 0.05) is 18.7 Å². The van der Waals surface area contributed by atoms with Crippen LogP contribution in [0.1, 0.15) is 16.8 Å². The smallest absolute Gasteiger partial charge is 0.275 e. The number of amides is 3. The van der Waals surface area contributed by atoms with Gasteiger partial charge < -0.3 is 10.4 Å². The molecular formula is C21H20N4O4S. The number of aromatic hydroxyl groups is 1. The van der Waals surface area contributed by atoms with Crippen LogP contribution in [0.5, 0.6) is 5.75 Å². The molecule has 0 aromatic heterocycles. The molecule has 1 atom stereocenters. The molecule has 1 aliphatic heterocycles. The summed E-state index contributed by atoms with van der Waals surface area (Å²) in [5, 5.41) is 16.1. The predicted molar refractivity (Wildman–Crippen MR) is 116 cm³/mol. The first-order valence-electron chi connectivity index (χ1n) is 9.09. The highest BCUT2D eigenvalue weighted by Crippen LogP contribution is 2.29. The summed E-state index contributed by atoms with van der Waals surface area (Å²) >= 11 is 1.09. The van der Waals surface area contributed by atoms with Crippen LogP contribution in [0, 0.1) is 0 Å². The first-order chi connectivity index (χ1) is 14.5. The molecule has 1 saturated heterocycles. The average Bonchev–Trinajstić information content (AvgIpc) is 3.02. The van der Waals surface area contributed by atoms with Crippen molar-refractivity contribution in [1.82, 2.24) is 10.3 Å². The highest BCUT2D eigenvalue weighted by molar-refractivity contribution is 8.15. The molecule has 8 nitrogen and oxygen atoms in total. The normalized spacial score (nSPS) is 17.1. The molecule has 1 fully saturated rings. The number of phenols is 1. The molecule has 3 amide bonds. The van der Waals surface area contributed by atoms with E-state index in [1.165, 1.54) is 23.1 Å². The van der Waals surface area contributed by atoms with E-state index in [1.807, 2.05) is 6.07 Å². The van der Waals surface area contributed by atoms with E-state index < -0.39 is 11.2 Å². The van der Waals surface area contributed by atoms with Gasteiger partial charge in [-0.2, -0.15) is 0 Å². The number of rotatable bonds is 7. The molecular weight excluding hydrogens is 404 g/mol. The third-order valence-electron chi connectivity index (χ3n) is 4.16. The maximum absolute atomic E-state index is 12.7. The first-order valence-corrected chi connectivity index (χ1v) is 9.97. The zero-order chi connectivity index (χ0) is 21.5. The molecule has 0 saturated carbocycles. The van der Waals surface area contributed by atoms with Gasteiger partial charge in [0.2, 0.25) is 11.8 Å². The van der Waals surface area contributed by atoms with Crippen molar-refractivity contribution in [2.45, 2.75) is 11.7 Å². The molecule has 0 radical (unpaired) electrons. The summed E-state index contributed by atoms with van der Waals surface area (Å²) in [6.45, 7) is 3.82. The zero-order valence-corrected chi connectivity index (χ0v) is 16.8. The number of hydrogen-bond acceptors (Lipinski definition) is 6. The first kappa shape index (κ1) is 21.1. The van der Waals surface area contributed by atoms with Crippen LogP contribution in [0.15, 0.2) is 72.4 Å². The number of thioether (sulfide) groups is 1. The summed E-state index contributed by atoms with van der Waals surface area (Å²) in [6, 6.07) is 15.0. The van der Waals surface area contributed by atoms with Gasteiger partial charge in [0.15, 0.2) is 5.17 Å². The third-order valence-corrected chi connectivity index (χ3v) is 5.34. The lowest BCUT2D eigenvalue weighted by Crippen LogP contribution is -2.34. The summed E-state index contributed by atoms with van der Waals surface area (Å²) in [7, 11) is 0.